The van der Waals surface area contributed by atoms with Crippen molar-refractivity contribution in [3.05, 3.63) is 82.3 Å². The Morgan fingerprint density at radius 1 is 1.00 bits per heavy atom. The summed E-state index contributed by atoms with van der Waals surface area (Å²) in [6, 6.07) is 5.46. The number of carbonyl (C=O) groups is 1. The Bertz CT molecular complexity index is 862. The van der Waals surface area contributed by atoms with Crippen LogP contribution in [0.5, 0.6) is 0 Å². The molecular formula is C18H12F4O2S. The fourth-order valence-electron chi connectivity index (χ4n) is 1.96. The molecule has 2 aromatic carbocycles. The third kappa shape index (κ3) is 5.04. The zero-order chi connectivity index (χ0) is 18.6. The Hall–Kier alpha value is -2.38. The lowest BCUT2D eigenvalue weighted by molar-refractivity contribution is -0.112. The van der Waals surface area contributed by atoms with Crippen LogP contribution >= 0.6 is 0 Å². The van der Waals surface area contributed by atoms with Crippen molar-refractivity contribution in [2.24, 2.45) is 0 Å². The van der Waals surface area contributed by atoms with Crippen molar-refractivity contribution in [2.45, 2.75) is 6.92 Å². The van der Waals surface area contributed by atoms with Crippen LogP contribution in [0.3, 0.4) is 0 Å². The van der Waals surface area contributed by atoms with E-state index >= 15 is 0 Å². The zero-order valence-electron chi connectivity index (χ0n) is 12.9. The second-order valence-corrected chi connectivity index (χ2v) is 6.32. The summed E-state index contributed by atoms with van der Waals surface area (Å²) in [5.41, 5.74) is -0.240. The van der Waals surface area contributed by atoms with Crippen molar-refractivity contribution in [3.63, 3.8) is 0 Å². The molecule has 25 heavy (non-hydrogen) atoms. The molecule has 7 heteroatoms. The number of carbonyl (C=O) groups excluding carboxylic acids is 1. The summed E-state index contributed by atoms with van der Waals surface area (Å²) in [6.07, 6.45) is 2.08. The molecule has 0 aliphatic rings. The Balaban J connectivity index is 2.38. The minimum atomic E-state index is -2.02. The van der Waals surface area contributed by atoms with Crippen molar-refractivity contribution in [3.8, 4) is 0 Å². The molecule has 0 aliphatic heterocycles. The van der Waals surface area contributed by atoms with Crippen LogP contribution in [0.4, 0.5) is 17.6 Å². The number of rotatable bonds is 5. The largest absolute Gasteiger partial charge is 0.607 e. The summed E-state index contributed by atoms with van der Waals surface area (Å²) in [5.74, 6) is -3.92. The number of halogens is 4. The lowest BCUT2D eigenvalue weighted by Gasteiger charge is -2.10. The van der Waals surface area contributed by atoms with Crippen LogP contribution in [0.2, 0.25) is 0 Å². The van der Waals surface area contributed by atoms with Crippen LogP contribution in [0.15, 0.2) is 47.9 Å². The van der Waals surface area contributed by atoms with Gasteiger partial charge in [0.05, 0.1) is 5.56 Å². The van der Waals surface area contributed by atoms with Gasteiger partial charge < -0.3 is 4.55 Å². The van der Waals surface area contributed by atoms with Gasteiger partial charge in [0.1, 0.15) is 28.7 Å². The van der Waals surface area contributed by atoms with Gasteiger partial charge in [0.15, 0.2) is 10.7 Å². The Morgan fingerprint density at radius 3 is 2.16 bits per heavy atom. The molecule has 0 saturated heterocycles. The average Bonchev–Trinajstić information content (AvgIpc) is 2.52. The molecule has 0 N–H and O–H groups in total. The molecule has 0 bridgehead atoms. The topological polar surface area (TPSA) is 40.1 Å². The van der Waals surface area contributed by atoms with Gasteiger partial charge in [0, 0.05) is 34.9 Å². The Labute approximate surface area is 144 Å². The smallest absolute Gasteiger partial charge is 0.171 e. The van der Waals surface area contributed by atoms with E-state index in [0.717, 1.165) is 41.8 Å². The predicted molar refractivity (Wildman–Crippen MR) is 88.6 cm³/mol. The Kier molecular flexibility index (Phi) is 6.17. The molecule has 0 spiro atoms. The molecule has 0 saturated carbocycles. The first-order chi connectivity index (χ1) is 11.8. The van der Waals surface area contributed by atoms with E-state index in [1.54, 1.807) is 0 Å². The maximum atomic E-state index is 13.9. The van der Waals surface area contributed by atoms with E-state index in [2.05, 4.69) is 0 Å². The molecule has 0 fully saturated rings. The first kappa shape index (κ1) is 19.0. The monoisotopic (exact) mass is 368 g/mol. The zero-order valence-corrected chi connectivity index (χ0v) is 13.7. The molecule has 130 valence electrons. The Morgan fingerprint density at radius 2 is 1.60 bits per heavy atom. The predicted octanol–water partition coefficient (Wildman–Crippen LogP) is 4.59. The maximum absolute atomic E-state index is 13.9. The SMILES string of the molecule is CC(=O)/C=C(\c1ccc(F)cc1F)[S+]([O-])C=Cc1ccc(F)cc1F. The number of allylic oxidation sites excluding steroid dienone is 1. The van der Waals surface area contributed by atoms with Crippen molar-refractivity contribution in [2.75, 3.05) is 0 Å². The van der Waals surface area contributed by atoms with Gasteiger partial charge in [-0.2, -0.15) is 0 Å². The van der Waals surface area contributed by atoms with Crippen LogP contribution in [-0.2, 0) is 16.0 Å². The van der Waals surface area contributed by atoms with Crippen molar-refractivity contribution in [1.82, 2.24) is 0 Å². The lowest BCUT2D eigenvalue weighted by atomic mass is 10.2. The number of hydrogen-bond acceptors (Lipinski definition) is 2. The molecule has 1 unspecified atom stereocenters. The summed E-state index contributed by atoms with van der Waals surface area (Å²) in [7, 11) is 0. The van der Waals surface area contributed by atoms with E-state index in [4.69, 9.17) is 0 Å². The van der Waals surface area contributed by atoms with Crippen molar-refractivity contribution < 1.29 is 26.9 Å². The molecular weight excluding hydrogens is 356 g/mol. The fourth-order valence-corrected chi connectivity index (χ4v) is 3.04. The summed E-state index contributed by atoms with van der Waals surface area (Å²) in [4.78, 5) is 11.2. The van der Waals surface area contributed by atoms with Gasteiger partial charge >= 0.3 is 0 Å². The molecule has 2 nitrogen and oxygen atoms in total. The van der Waals surface area contributed by atoms with Gasteiger partial charge in [-0.1, -0.05) is 0 Å². The van der Waals surface area contributed by atoms with Crippen LogP contribution in [0, 0.1) is 23.3 Å². The van der Waals surface area contributed by atoms with Crippen LogP contribution in [0.25, 0.3) is 11.0 Å². The van der Waals surface area contributed by atoms with E-state index in [9.17, 15) is 26.9 Å². The van der Waals surface area contributed by atoms with E-state index in [0.29, 0.717) is 12.1 Å². The summed E-state index contributed by atoms with van der Waals surface area (Å²) in [5, 5.41) is 1.04. The van der Waals surface area contributed by atoms with Gasteiger partial charge in [-0.15, -0.1) is 0 Å². The highest BCUT2D eigenvalue weighted by atomic mass is 32.2. The van der Waals surface area contributed by atoms with E-state index in [1.165, 1.54) is 6.92 Å². The van der Waals surface area contributed by atoms with Gasteiger partial charge in [-0.3, -0.25) is 4.79 Å². The molecule has 0 aliphatic carbocycles. The molecule has 0 aromatic heterocycles. The highest BCUT2D eigenvalue weighted by molar-refractivity contribution is 8.03. The van der Waals surface area contributed by atoms with Gasteiger partial charge in [0.25, 0.3) is 0 Å². The minimum absolute atomic E-state index is 0.0310. The summed E-state index contributed by atoms with van der Waals surface area (Å²) >= 11 is -2.02. The first-order valence-corrected chi connectivity index (χ1v) is 8.20. The normalized spacial score (nSPS) is 13.3. The summed E-state index contributed by atoms with van der Waals surface area (Å²) in [6.45, 7) is 1.18. The molecule has 0 amide bonds. The second-order valence-electron chi connectivity index (χ2n) is 5.01. The molecule has 2 aromatic rings. The average molecular weight is 368 g/mol. The molecule has 2 rings (SSSR count). The lowest BCUT2D eigenvalue weighted by Crippen LogP contribution is -2.04. The van der Waals surface area contributed by atoms with Gasteiger partial charge in [-0.25, -0.2) is 17.6 Å². The maximum Gasteiger partial charge on any atom is 0.171 e. The molecule has 1 atom stereocenters. The molecule has 0 heterocycles. The number of hydrogen-bond donors (Lipinski definition) is 0. The highest BCUT2D eigenvalue weighted by Crippen LogP contribution is 2.27. The number of ketones is 1. The van der Waals surface area contributed by atoms with Crippen LogP contribution in [-0.4, -0.2) is 10.3 Å². The quantitative estimate of drug-likeness (QED) is 0.440. The van der Waals surface area contributed by atoms with Gasteiger partial charge in [-0.05, 0) is 37.3 Å². The highest BCUT2D eigenvalue weighted by Gasteiger charge is 2.20. The fraction of sp³-hybridized carbons (Fsp3) is 0.0556. The second kappa shape index (κ2) is 8.13. The van der Waals surface area contributed by atoms with E-state index in [-0.39, 0.29) is 16.0 Å². The standard InChI is InChI=1S/C18H12F4O2S/c1-11(23)8-18(15-5-4-14(20)10-17(15)22)25(24)7-6-12-2-3-13(19)9-16(12)21/h2-10H,1H3/b7-6?,18-8+. The van der Waals surface area contributed by atoms with Gasteiger partial charge in [0.2, 0.25) is 0 Å². The van der Waals surface area contributed by atoms with Crippen LogP contribution in [0.1, 0.15) is 18.1 Å². The van der Waals surface area contributed by atoms with E-state index in [1.807, 2.05) is 0 Å². The number of benzene rings is 2. The first-order valence-electron chi connectivity index (χ1n) is 6.99. The third-order valence-corrected chi connectivity index (χ3v) is 4.24. The minimum Gasteiger partial charge on any atom is -0.607 e. The molecule has 0 radical (unpaired) electrons. The van der Waals surface area contributed by atoms with E-state index < -0.39 is 40.2 Å². The van der Waals surface area contributed by atoms with Crippen molar-refractivity contribution in [1.29, 1.82) is 0 Å². The van der Waals surface area contributed by atoms with Crippen LogP contribution < -0.4 is 0 Å². The summed E-state index contributed by atoms with van der Waals surface area (Å²) < 4.78 is 65.8. The van der Waals surface area contributed by atoms with Crippen molar-refractivity contribution >= 4 is 27.9 Å². The third-order valence-electron chi connectivity index (χ3n) is 3.08.